The lowest BCUT2D eigenvalue weighted by Crippen LogP contribution is -2.39. The molecule has 0 amide bonds. The highest BCUT2D eigenvalue weighted by Crippen LogP contribution is 2.29. The van der Waals surface area contributed by atoms with Gasteiger partial charge in [0, 0.05) is 22.7 Å². The number of aliphatic hydroxyl groups excluding tert-OH is 1. The number of rotatable bonds is 8. The number of nitrogens with one attached hydrogen (secondary N) is 2. The van der Waals surface area contributed by atoms with Crippen molar-refractivity contribution in [3.8, 4) is 0 Å². The molecule has 28 heavy (non-hydrogen) atoms. The van der Waals surface area contributed by atoms with Crippen molar-refractivity contribution >= 4 is 27.4 Å². The molecule has 1 fully saturated rings. The summed E-state index contributed by atoms with van der Waals surface area (Å²) in [5.74, 6) is 1.61. The van der Waals surface area contributed by atoms with Gasteiger partial charge in [0.2, 0.25) is 0 Å². The van der Waals surface area contributed by atoms with Crippen molar-refractivity contribution in [2.45, 2.75) is 39.2 Å². The minimum Gasteiger partial charge on any atom is -0.386 e. The number of likely N-dealkylation sites (tertiary alicyclic amines) is 1. The molecule has 1 aromatic heterocycles. The van der Waals surface area contributed by atoms with Gasteiger partial charge in [0.1, 0.15) is 6.10 Å². The largest absolute Gasteiger partial charge is 0.386 e. The molecule has 5 nitrogen and oxygen atoms in total. The van der Waals surface area contributed by atoms with E-state index in [-0.39, 0.29) is 0 Å². The van der Waals surface area contributed by atoms with Gasteiger partial charge in [0.25, 0.3) is 0 Å². The van der Waals surface area contributed by atoms with Gasteiger partial charge < -0.3 is 20.6 Å². The van der Waals surface area contributed by atoms with Gasteiger partial charge in [-0.05, 0) is 69.3 Å². The van der Waals surface area contributed by atoms with Gasteiger partial charge in [-0.1, -0.05) is 25.1 Å². The van der Waals surface area contributed by atoms with Crippen LogP contribution in [0.4, 0.5) is 0 Å². The number of hydrogen-bond acceptors (Lipinski definition) is 4. The van der Waals surface area contributed by atoms with Crippen LogP contribution in [0.3, 0.4) is 0 Å². The van der Waals surface area contributed by atoms with E-state index in [0.29, 0.717) is 6.54 Å². The summed E-state index contributed by atoms with van der Waals surface area (Å²) in [4.78, 5) is 8.12. The van der Waals surface area contributed by atoms with Crippen LogP contribution in [0.2, 0.25) is 0 Å². The Labute approximate surface area is 172 Å². The fourth-order valence-electron chi connectivity index (χ4n) is 3.76. The molecule has 0 bridgehead atoms. The van der Waals surface area contributed by atoms with Crippen LogP contribution in [0.15, 0.2) is 35.3 Å². The lowest BCUT2D eigenvalue weighted by atomic mass is 9.93. The molecule has 1 aliphatic rings. The lowest BCUT2D eigenvalue weighted by Gasteiger charge is -2.31. The van der Waals surface area contributed by atoms with E-state index in [1.807, 2.05) is 12.1 Å². The summed E-state index contributed by atoms with van der Waals surface area (Å²) in [5.41, 5.74) is 0. The highest BCUT2D eigenvalue weighted by atomic mass is 32.1. The van der Waals surface area contributed by atoms with Gasteiger partial charge in [0.15, 0.2) is 5.96 Å². The highest BCUT2D eigenvalue weighted by Gasteiger charge is 2.17. The van der Waals surface area contributed by atoms with Crippen LogP contribution in [-0.2, 0) is 0 Å². The molecule has 0 aliphatic carbocycles. The molecule has 1 unspecified atom stereocenters. The van der Waals surface area contributed by atoms with E-state index in [1.165, 1.54) is 49.0 Å². The Hall–Kier alpha value is -1.63. The van der Waals surface area contributed by atoms with E-state index < -0.39 is 6.10 Å². The molecule has 3 rings (SSSR count). The Kier molecular flexibility index (Phi) is 8.13. The van der Waals surface area contributed by atoms with Crippen molar-refractivity contribution in [1.29, 1.82) is 0 Å². The zero-order valence-corrected chi connectivity index (χ0v) is 18.0. The molecule has 1 aliphatic heterocycles. The molecule has 3 N–H and O–H groups in total. The van der Waals surface area contributed by atoms with Crippen LogP contribution in [0.1, 0.15) is 44.1 Å². The second-order valence-corrected chi connectivity index (χ2v) is 8.63. The van der Waals surface area contributed by atoms with Crippen molar-refractivity contribution in [3.63, 3.8) is 0 Å². The zero-order chi connectivity index (χ0) is 19.8. The monoisotopic (exact) mass is 402 g/mol. The number of aliphatic hydroxyl groups is 1. The second kappa shape index (κ2) is 10.8. The van der Waals surface area contributed by atoms with E-state index >= 15 is 0 Å². The van der Waals surface area contributed by atoms with Crippen LogP contribution in [0, 0.1) is 5.92 Å². The van der Waals surface area contributed by atoms with Gasteiger partial charge in [-0.15, -0.1) is 11.3 Å². The van der Waals surface area contributed by atoms with E-state index in [4.69, 9.17) is 0 Å². The lowest BCUT2D eigenvalue weighted by molar-refractivity contribution is 0.187. The van der Waals surface area contributed by atoms with E-state index in [0.717, 1.165) is 29.8 Å². The van der Waals surface area contributed by atoms with Crippen LogP contribution in [0.25, 0.3) is 10.1 Å². The van der Waals surface area contributed by atoms with Gasteiger partial charge in [0.05, 0.1) is 6.54 Å². The van der Waals surface area contributed by atoms with Crippen molar-refractivity contribution in [3.05, 3.63) is 35.2 Å². The third-order valence-electron chi connectivity index (χ3n) is 5.54. The molecular weight excluding hydrogens is 368 g/mol. The normalized spacial score (nSPS) is 17.8. The molecular formula is C22H34N4OS. The van der Waals surface area contributed by atoms with Crippen LogP contribution >= 0.6 is 11.3 Å². The van der Waals surface area contributed by atoms with Crippen molar-refractivity contribution in [2.24, 2.45) is 10.9 Å². The Bertz CT molecular complexity index is 719. The Morgan fingerprint density at radius 3 is 2.75 bits per heavy atom. The number of nitrogens with zero attached hydrogens (tertiary/aromatic N) is 2. The highest BCUT2D eigenvalue weighted by molar-refractivity contribution is 7.19. The summed E-state index contributed by atoms with van der Waals surface area (Å²) in [7, 11) is 0. The van der Waals surface area contributed by atoms with E-state index in [9.17, 15) is 5.11 Å². The molecule has 0 radical (unpaired) electrons. The number of aliphatic imine (C=N–C) groups is 1. The number of guanidine groups is 1. The average molecular weight is 403 g/mol. The number of thiophene rings is 1. The minimum absolute atomic E-state index is 0.372. The molecule has 154 valence electrons. The first kappa shape index (κ1) is 21.1. The number of fused-ring (bicyclic) bond motifs is 1. The minimum atomic E-state index is -0.564. The van der Waals surface area contributed by atoms with E-state index in [1.54, 1.807) is 11.3 Å². The van der Waals surface area contributed by atoms with E-state index in [2.05, 4.69) is 52.6 Å². The molecule has 1 saturated heterocycles. The second-order valence-electron chi connectivity index (χ2n) is 7.52. The quantitative estimate of drug-likeness (QED) is 0.466. The first-order chi connectivity index (χ1) is 13.7. The topological polar surface area (TPSA) is 59.9 Å². The summed E-state index contributed by atoms with van der Waals surface area (Å²) in [6.07, 6.45) is 3.22. The molecule has 0 saturated carbocycles. The summed E-state index contributed by atoms with van der Waals surface area (Å²) in [5, 5.41) is 18.5. The van der Waals surface area contributed by atoms with Gasteiger partial charge in [-0.25, -0.2) is 0 Å². The molecule has 6 heteroatoms. The summed E-state index contributed by atoms with van der Waals surface area (Å²) >= 11 is 1.64. The fourth-order valence-corrected chi connectivity index (χ4v) is 4.80. The van der Waals surface area contributed by atoms with Crippen LogP contribution in [-0.4, -0.2) is 55.2 Å². The van der Waals surface area contributed by atoms with Crippen molar-refractivity contribution < 1.29 is 5.11 Å². The number of benzene rings is 1. The number of hydrogen-bond donors (Lipinski definition) is 3. The Balaban J connectivity index is 1.48. The van der Waals surface area contributed by atoms with Gasteiger partial charge >= 0.3 is 0 Å². The molecule has 0 spiro atoms. The van der Waals surface area contributed by atoms with Crippen molar-refractivity contribution in [2.75, 3.05) is 39.3 Å². The predicted octanol–water partition coefficient (Wildman–Crippen LogP) is 3.61. The maximum absolute atomic E-state index is 10.6. The smallest absolute Gasteiger partial charge is 0.191 e. The Morgan fingerprint density at radius 1 is 1.25 bits per heavy atom. The molecule has 1 aromatic carbocycles. The average Bonchev–Trinajstić information content (AvgIpc) is 3.16. The summed E-state index contributed by atoms with van der Waals surface area (Å²) in [6, 6.07) is 10.3. The zero-order valence-electron chi connectivity index (χ0n) is 17.2. The summed E-state index contributed by atoms with van der Waals surface area (Å²) in [6.45, 7) is 10.1. The first-order valence-electron chi connectivity index (χ1n) is 10.6. The third kappa shape index (κ3) is 5.93. The van der Waals surface area contributed by atoms with Gasteiger partial charge in [-0.2, -0.15) is 0 Å². The van der Waals surface area contributed by atoms with Crippen molar-refractivity contribution in [1.82, 2.24) is 15.5 Å². The fraction of sp³-hybridized carbons (Fsp3) is 0.591. The first-order valence-corrected chi connectivity index (χ1v) is 11.4. The predicted molar refractivity (Wildman–Crippen MR) is 120 cm³/mol. The van der Waals surface area contributed by atoms with Crippen LogP contribution < -0.4 is 10.6 Å². The van der Waals surface area contributed by atoms with Gasteiger partial charge in [-0.3, -0.25) is 4.99 Å². The Morgan fingerprint density at radius 2 is 2.04 bits per heavy atom. The van der Waals surface area contributed by atoms with Crippen LogP contribution in [0.5, 0.6) is 0 Å². The molecule has 2 aromatic rings. The SMILES string of the molecule is CCNC(=NCC(O)c1cc2ccccc2s1)NCCC1CCN(CC)CC1. The maximum Gasteiger partial charge on any atom is 0.191 e. The third-order valence-corrected chi connectivity index (χ3v) is 6.76. The molecule has 2 heterocycles. The maximum atomic E-state index is 10.6. The standard InChI is InChI=1S/C22H34N4OS/c1-3-23-22(24-12-9-17-10-13-26(4-2)14-11-17)25-16-19(27)21-15-18-7-5-6-8-20(18)28-21/h5-8,15,17,19,27H,3-4,9-14,16H2,1-2H3,(H2,23,24,25). The summed E-state index contributed by atoms with van der Waals surface area (Å²) < 4.78 is 1.21. The number of piperidine rings is 1. The molecule has 1 atom stereocenters.